The van der Waals surface area contributed by atoms with E-state index in [-0.39, 0.29) is 5.82 Å². The van der Waals surface area contributed by atoms with Crippen LogP contribution in [0.25, 0.3) is 0 Å². The van der Waals surface area contributed by atoms with Crippen molar-refractivity contribution in [3.8, 4) is 11.5 Å². The highest BCUT2D eigenvalue weighted by Gasteiger charge is 2.26. The molecule has 2 N–H and O–H groups in total. The van der Waals surface area contributed by atoms with E-state index in [0.717, 1.165) is 11.1 Å². The van der Waals surface area contributed by atoms with E-state index in [2.05, 4.69) is 0 Å². The van der Waals surface area contributed by atoms with Gasteiger partial charge in [0.05, 0.1) is 14.2 Å². The van der Waals surface area contributed by atoms with Crippen molar-refractivity contribution < 1.29 is 13.9 Å². The number of halogens is 1. The van der Waals surface area contributed by atoms with Gasteiger partial charge in [-0.3, -0.25) is 0 Å². The zero-order valence-corrected chi connectivity index (χ0v) is 12.5. The molecule has 3 nitrogen and oxygen atoms in total. The third-order valence-electron chi connectivity index (χ3n) is 3.48. The van der Waals surface area contributed by atoms with Crippen molar-refractivity contribution in [2.75, 3.05) is 14.2 Å². The minimum atomic E-state index is -0.701. The molecule has 2 aromatic carbocycles. The first-order valence-electron chi connectivity index (χ1n) is 6.72. The highest BCUT2D eigenvalue weighted by molar-refractivity contribution is 5.45. The number of nitrogens with two attached hydrogens (primary N) is 1. The Kier molecular flexibility index (Phi) is 4.48. The van der Waals surface area contributed by atoms with E-state index in [4.69, 9.17) is 15.2 Å². The summed E-state index contributed by atoms with van der Waals surface area (Å²) in [5, 5.41) is 0. The summed E-state index contributed by atoms with van der Waals surface area (Å²) in [7, 11) is 3.20. The van der Waals surface area contributed by atoms with Crippen molar-refractivity contribution in [1.82, 2.24) is 0 Å². The fourth-order valence-corrected chi connectivity index (χ4v) is 2.43. The van der Waals surface area contributed by atoms with Gasteiger partial charge in [-0.1, -0.05) is 12.1 Å². The second-order valence-electron chi connectivity index (χ2n) is 5.29. The zero-order valence-electron chi connectivity index (χ0n) is 12.5. The average molecular weight is 289 g/mol. The van der Waals surface area contributed by atoms with E-state index >= 15 is 0 Å². The summed E-state index contributed by atoms with van der Waals surface area (Å²) in [4.78, 5) is 0. The monoisotopic (exact) mass is 289 g/mol. The molecule has 0 radical (unpaired) electrons. The molecule has 0 heterocycles. The van der Waals surface area contributed by atoms with Crippen LogP contribution in [0, 0.1) is 5.82 Å². The zero-order chi connectivity index (χ0) is 15.5. The van der Waals surface area contributed by atoms with E-state index in [9.17, 15) is 4.39 Å². The summed E-state index contributed by atoms with van der Waals surface area (Å²) in [5.41, 5.74) is 7.43. The molecule has 2 aromatic rings. The molecule has 0 bridgehead atoms. The molecule has 0 aliphatic carbocycles. The molecule has 0 aromatic heterocycles. The topological polar surface area (TPSA) is 44.5 Å². The van der Waals surface area contributed by atoms with Gasteiger partial charge in [0, 0.05) is 11.1 Å². The van der Waals surface area contributed by atoms with Crippen molar-refractivity contribution in [2.24, 2.45) is 5.73 Å². The minimum absolute atomic E-state index is 0.263. The molecule has 2 rings (SSSR count). The number of hydrogen-bond acceptors (Lipinski definition) is 3. The predicted molar refractivity (Wildman–Crippen MR) is 81.2 cm³/mol. The summed E-state index contributed by atoms with van der Waals surface area (Å²) < 4.78 is 24.0. The van der Waals surface area contributed by atoms with Gasteiger partial charge in [0.1, 0.15) is 17.3 Å². The van der Waals surface area contributed by atoms with Crippen LogP contribution in [0.5, 0.6) is 11.5 Å². The van der Waals surface area contributed by atoms with Crippen molar-refractivity contribution in [3.63, 3.8) is 0 Å². The second kappa shape index (κ2) is 6.14. The lowest BCUT2D eigenvalue weighted by atomic mass is 9.86. The highest BCUT2D eigenvalue weighted by Crippen LogP contribution is 2.33. The summed E-state index contributed by atoms with van der Waals surface area (Å²) in [6.07, 6.45) is 0.494. The average Bonchev–Trinajstić information content (AvgIpc) is 2.46. The van der Waals surface area contributed by atoms with Crippen LogP contribution in [0.3, 0.4) is 0 Å². The molecular weight excluding hydrogens is 269 g/mol. The van der Waals surface area contributed by atoms with Gasteiger partial charge in [-0.25, -0.2) is 4.39 Å². The summed E-state index contributed by atoms with van der Waals surface area (Å²) >= 11 is 0. The van der Waals surface area contributed by atoms with Gasteiger partial charge < -0.3 is 15.2 Å². The Labute approximate surface area is 124 Å². The Morgan fingerprint density at radius 1 is 1.10 bits per heavy atom. The van der Waals surface area contributed by atoms with Crippen molar-refractivity contribution in [3.05, 3.63) is 59.4 Å². The Balaban J connectivity index is 2.38. The standard InChI is InChI=1S/C17H20FNO2/c1-17(19,11-12-5-4-6-13(18)9-12)15-10-14(20-2)7-8-16(15)21-3/h4-10H,11,19H2,1-3H3. The number of hydrogen-bond donors (Lipinski definition) is 1. The maximum atomic E-state index is 13.3. The number of rotatable bonds is 5. The summed E-state index contributed by atoms with van der Waals surface area (Å²) in [6.45, 7) is 1.90. The largest absolute Gasteiger partial charge is 0.497 e. The van der Waals surface area contributed by atoms with Crippen LogP contribution in [0.15, 0.2) is 42.5 Å². The highest BCUT2D eigenvalue weighted by atomic mass is 19.1. The van der Waals surface area contributed by atoms with Crippen LogP contribution in [0.1, 0.15) is 18.1 Å². The van der Waals surface area contributed by atoms with E-state index in [1.807, 2.05) is 31.2 Å². The quantitative estimate of drug-likeness (QED) is 0.919. The molecule has 0 fully saturated rings. The maximum Gasteiger partial charge on any atom is 0.124 e. The van der Waals surface area contributed by atoms with Gasteiger partial charge in [0.2, 0.25) is 0 Å². The van der Waals surface area contributed by atoms with Crippen LogP contribution in [0.2, 0.25) is 0 Å². The lowest BCUT2D eigenvalue weighted by molar-refractivity contribution is 0.377. The van der Waals surface area contributed by atoms with Gasteiger partial charge in [-0.2, -0.15) is 0 Å². The minimum Gasteiger partial charge on any atom is -0.497 e. The van der Waals surface area contributed by atoms with Gasteiger partial charge in [-0.05, 0) is 49.2 Å². The summed E-state index contributed by atoms with van der Waals surface area (Å²) in [5.74, 6) is 1.14. The lowest BCUT2D eigenvalue weighted by Crippen LogP contribution is -2.36. The van der Waals surface area contributed by atoms with Crippen LogP contribution in [0.4, 0.5) is 4.39 Å². The number of methoxy groups -OCH3 is 2. The smallest absolute Gasteiger partial charge is 0.124 e. The fourth-order valence-electron chi connectivity index (χ4n) is 2.43. The molecule has 21 heavy (non-hydrogen) atoms. The molecule has 112 valence electrons. The number of ether oxygens (including phenoxy) is 2. The van der Waals surface area contributed by atoms with Gasteiger partial charge >= 0.3 is 0 Å². The molecule has 1 atom stereocenters. The number of benzene rings is 2. The van der Waals surface area contributed by atoms with E-state index in [1.54, 1.807) is 20.3 Å². The van der Waals surface area contributed by atoms with Crippen molar-refractivity contribution >= 4 is 0 Å². The van der Waals surface area contributed by atoms with Crippen molar-refractivity contribution in [1.29, 1.82) is 0 Å². The fraction of sp³-hybridized carbons (Fsp3) is 0.294. The Hall–Kier alpha value is -2.07. The first-order valence-corrected chi connectivity index (χ1v) is 6.72. The third-order valence-corrected chi connectivity index (χ3v) is 3.48. The molecule has 0 saturated heterocycles. The van der Waals surface area contributed by atoms with Gasteiger partial charge in [0.25, 0.3) is 0 Å². The molecule has 0 saturated carbocycles. The Morgan fingerprint density at radius 2 is 1.86 bits per heavy atom. The van der Waals surface area contributed by atoms with Crippen LogP contribution in [-0.2, 0) is 12.0 Å². The third kappa shape index (κ3) is 3.52. The van der Waals surface area contributed by atoms with Crippen LogP contribution in [-0.4, -0.2) is 14.2 Å². The SMILES string of the molecule is COc1ccc(OC)c(C(C)(N)Cc2cccc(F)c2)c1. The Bertz CT molecular complexity index is 626. The molecule has 0 aliphatic heterocycles. The Morgan fingerprint density at radius 3 is 2.48 bits per heavy atom. The molecule has 0 aliphatic rings. The normalized spacial score (nSPS) is 13.6. The van der Waals surface area contributed by atoms with Gasteiger partial charge in [-0.15, -0.1) is 0 Å². The van der Waals surface area contributed by atoms with Crippen LogP contribution >= 0.6 is 0 Å². The van der Waals surface area contributed by atoms with Crippen molar-refractivity contribution in [2.45, 2.75) is 18.9 Å². The first kappa shape index (κ1) is 15.3. The van der Waals surface area contributed by atoms with E-state index in [1.165, 1.54) is 12.1 Å². The molecular formula is C17H20FNO2. The van der Waals surface area contributed by atoms with E-state index < -0.39 is 5.54 Å². The molecule has 0 amide bonds. The molecule has 0 spiro atoms. The second-order valence-corrected chi connectivity index (χ2v) is 5.29. The van der Waals surface area contributed by atoms with E-state index in [0.29, 0.717) is 17.9 Å². The maximum absolute atomic E-state index is 13.3. The van der Waals surface area contributed by atoms with Gasteiger partial charge in [0.15, 0.2) is 0 Å². The lowest BCUT2D eigenvalue weighted by Gasteiger charge is -2.27. The predicted octanol–water partition coefficient (Wildman–Crippen LogP) is 3.26. The molecule has 4 heteroatoms. The molecule has 1 unspecified atom stereocenters. The van der Waals surface area contributed by atoms with Crippen LogP contribution < -0.4 is 15.2 Å². The first-order chi connectivity index (χ1) is 9.96. The summed E-state index contributed by atoms with van der Waals surface area (Å²) in [6, 6.07) is 12.0.